The average molecular weight is 342 g/mol. The van der Waals surface area contributed by atoms with Crippen LogP contribution in [0.4, 0.5) is 0 Å². The van der Waals surface area contributed by atoms with Crippen LogP contribution in [-0.4, -0.2) is 49.2 Å². The first-order valence-corrected chi connectivity index (χ1v) is 9.89. The topological polar surface area (TPSA) is 57.7 Å². The third kappa shape index (κ3) is 2.70. The summed E-state index contributed by atoms with van der Waals surface area (Å²) in [5.41, 5.74) is 0. The first-order valence-electron chi connectivity index (χ1n) is 7.63. The van der Waals surface area contributed by atoms with Gasteiger partial charge in [0, 0.05) is 42.4 Å². The number of sulfonamides is 1. The van der Waals surface area contributed by atoms with Crippen molar-refractivity contribution in [1.29, 1.82) is 0 Å². The Labute approximate surface area is 136 Å². The molecule has 22 heavy (non-hydrogen) atoms. The normalized spacial score (nSPS) is 26.2. The minimum absolute atomic E-state index is 0.0405. The van der Waals surface area contributed by atoms with E-state index in [4.69, 9.17) is 0 Å². The van der Waals surface area contributed by atoms with E-state index in [0.717, 1.165) is 22.6 Å². The van der Waals surface area contributed by atoms with Crippen molar-refractivity contribution in [1.82, 2.24) is 9.21 Å². The maximum Gasteiger partial charge on any atom is 0.244 e. The van der Waals surface area contributed by atoms with E-state index >= 15 is 0 Å². The summed E-state index contributed by atoms with van der Waals surface area (Å²) in [7, 11) is -3.47. The average Bonchev–Trinajstić information content (AvgIpc) is 2.65. The number of nitrogens with zero attached hydrogens (tertiary/aromatic N) is 2. The maximum absolute atomic E-state index is 13.1. The van der Waals surface area contributed by atoms with E-state index in [2.05, 4.69) is 0 Å². The summed E-state index contributed by atoms with van der Waals surface area (Å²) in [5, 5.41) is 0. The molecule has 2 bridgehead atoms. The van der Waals surface area contributed by atoms with E-state index in [-0.39, 0.29) is 17.9 Å². The number of amides is 1. The van der Waals surface area contributed by atoms with Crippen LogP contribution in [-0.2, 0) is 14.8 Å². The molecule has 0 spiro atoms. The SMILES string of the molecule is CC(=O)N1C[C@H]2CC[C@@H](C1)N(S(=O)(=O)c1cc(C)sc1C)C2. The van der Waals surface area contributed by atoms with Crippen LogP contribution in [0.1, 0.15) is 29.5 Å². The number of hydrogen-bond donors (Lipinski definition) is 0. The van der Waals surface area contributed by atoms with Gasteiger partial charge in [0.15, 0.2) is 0 Å². The quantitative estimate of drug-likeness (QED) is 0.826. The Bertz CT molecular complexity index is 696. The van der Waals surface area contributed by atoms with E-state index < -0.39 is 10.0 Å². The van der Waals surface area contributed by atoms with Crippen LogP contribution in [0.15, 0.2) is 11.0 Å². The molecule has 3 saturated heterocycles. The Morgan fingerprint density at radius 1 is 1.23 bits per heavy atom. The van der Waals surface area contributed by atoms with Crippen LogP contribution in [0, 0.1) is 19.8 Å². The molecule has 2 atom stereocenters. The van der Waals surface area contributed by atoms with Crippen LogP contribution in [0.2, 0.25) is 0 Å². The largest absolute Gasteiger partial charge is 0.341 e. The van der Waals surface area contributed by atoms with Crippen LogP contribution >= 0.6 is 11.3 Å². The van der Waals surface area contributed by atoms with Gasteiger partial charge in [0.05, 0.1) is 4.90 Å². The molecule has 1 amide bonds. The predicted molar refractivity (Wildman–Crippen MR) is 86.5 cm³/mol. The van der Waals surface area contributed by atoms with Crippen molar-refractivity contribution in [2.45, 2.75) is 44.6 Å². The molecular formula is C15H22N2O3S2. The molecule has 3 aliphatic rings. The highest BCUT2D eigenvalue weighted by molar-refractivity contribution is 7.89. The summed E-state index contributed by atoms with van der Waals surface area (Å²) >= 11 is 1.52. The Kier molecular flexibility index (Phi) is 4.07. The fraction of sp³-hybridized carbons (Fsp3) is 0.667. The molecule has 0 aliphatic carbocycles. The Balaban J connectivity index is 1.95. The van der Waals surface area contributed by atoms with Gasteiger partial charge in [-0.15, -0.1) is 11.3 Å². The zero-order chi connectivity index (χ0) is 16.1. The first kappa shape index (κ1) is 16.0. The van der Waals surface area contributed by atoms with Gasteiger partial charge in [0.2, 0.25) is 15.9 Å². The molecule has 1 aromatic heterocycles. The van der Waals surface area contributed by atoms with Gasteiger partial charge in [-0.1, -0.05) is 0 Å². The summed E-state index contributed by atoms with van der Waals surface area (Å²) in [6, 6.07) is 1.68. The lowest BCUT2D eigenvalue weighted by Gasteiger charge is -2.34. The Morgan fingerprint density at radius 3 is 2.55 bits per heavy atom. The number of aryl methyl sites for hydroxylation is 2. The van der Waals surface area contributed by atoms with Gasteiger partial charge in [-0.3, -0.25) is 4.79 Å². The minimum Gasteiger partial charge on any atom is -0.341 e. The molecule has 0 saturated carbocycles. The number of piperidine rings is 1. The molecule has 3 aliphatic heterocycles. The highest BCUT2D eigenvalue weighted by atomic mass is 32.2. The number of thiophene rings is 1. The lowest BCUT2D eigenvalue weighted by Crippen LogP contribution is -2.47. The maximum atomic E-state index is 13.1. The number of carbonyl (C=O) groups excluding carboxylic acids is 1. The third-order valence-electron chi connectivity index (χ3n) is 4.69. The number of rotatable bonds is 2. The second-order valence-electron chi connectivity index (χ2n) is 6.37. The molecule has 5 nitrogen and oxygen atoms in total. The fourth-order valence-electron chi connectivity index (χ4n) is 3.58. The third-order valence-corrected chi connectivity index (χ3v) is 7.83. The molecule has 0 aromatic carbocycles. The Morgan fingerprint density at radius 2 is 1.95 bits per heavy atom. The smallest absolute Gasteiger partial charge is 0.244 e. The summed E-state index contributed by atoms with van der Waals surface area (Å²) in [6.07, 6.45) is 1.85. The molecule has 0 N–H and O–H groups in total. The molecule has 1 aromatic rings. The number of fused-ring (bicyclic) bond motifs is 4. The highest BCUT2D eigenvalue weighted by Gasteiger charge is 2.42. The molecule has 7 heteroatoms. The van der Waals surface area contributed by atoms with Gasteiger partial charge in [0.25, 0.3) is 0 Å². The highest BCUT2D eigenvalue weighted by Crippen LogP contribution is 2.35. The van der Waals surface area contributed by atoms with Crippen molar-refractivity contribution in [2.24, 2.45) is 5.92 Å². The van der Waals surface area contributed by atoms with E-state index in [1.54, 1.807) is 17.3 Å². The molecule has 4 rings (SSSR count). The van der Waals surface area contributed by atoms with Crippen molar-refractivity contribution in [2.75, 3.05) is 19.6 Å². The van der Waals surface area contributed by atoms with Crippen LogP contribution in [0.3, 0.4) is 0 Å². The van der Waals surface area contributed by atoms with E-state index in [1.807, 2.05) is 18.7 Å². The standard InChI is InChI=1S/C15H22N2O3S2/c1-10-6-15(11(2)21-10)22(19,20)17-8-13-4-5-14(17)9-16(7-13)12(3)18/h6,13-14H,4-5,7-9H2,1-3H3/t13-,14+/m1/s1. The Hall–Kier alpha value is -0.920. The van der Waals surface area contributed by atoms with Crippen molar-refractivity contribution in [3.8, 4) is 0 Å². The number of carbonyl (C=O) groups is 1. The molecular weight excluding hydrogens is 320 g/mol. The van der Waals surface area contributed by atoms with Gasteiger partial charge >= 0.3 is 0 Å². The molecule has 0 radical (unpaired) electrons. The summed E-state index contributed by atoms with van der Waals surface area (Å²) < 4.78 is 27.8. The van der Waals surface area contributed by atoms with Crippen molar-refractivity contribution in [3.63, 3.8) is 0 Å². The predicted octanol–water partition coefficient (Wildman–Crippen LogP) is 2.00. The van der Waals surface area contributed by atoms with Crippen LogP contribution in [0.5, 0.6) is 0 Å². The molecule has 3 fully saturated rings. The van der Waals surface area contributed by atoms with E-state index in [1.165, 1.54) is 11.3 Å². The zero-order valence-corrected chi connectivity index (χ0v) is 14.8. The van der Waals surface area contributed by atoms with Crippen LogP contribution < -0.4 is 0 Å². The fourth-order valence-corrected chi connectivity index (χ4v) is 6.83. The monoisotopic (exact) mass is 342 g/mol. The second kappa shape index (κ2) is 5.62. The molecule has 0 unspecified atom stereocenters. The van der Waals surface area contributed by atoms with Gasteiger partial charge < -0.3 is 4.90 Å². The van der Waals surface area contributed by atoms with Gasteiger partial charge in [-0.25, -0.2) is 8.42 Å². The summed E-state index contributed by atoms with van der Waals surface area (Å²) in [6.45, 7) is 7.10. The summed E-state index contributed by atoms with van der Waals surface area (Å²) in [5.74, 6) is 0.288. The van der Waals surface area contributed by atoms with Crippen molar-refractivity contribution < 1.29 is 13.2 Å². The lowest BCUT2D eigenvalue weighted by molar-refractivity contribution is -0.129. The summed E-state index contributed by atoms with van der Waals surface area (Å²) in [4.78, 5) is 15.8. The van der Waals surface area contributed by atoms with E-state index in [0.29, 0.717) is 24.5 Å². The first-order chi connectivity index (χ1) is 10.3. The molecule has 4 heterocycles. The number of hydrogen-bond acceptors (Lipinski definition) is 4. The lowest BCUT2D eigenvalue weighted by atomic mass is 9.97. The van der Waals surface area contributed by atoms with E-state index in [9.17, 15) is 13.2 Å². The van der Waals surface area contributed by atoms with Gasteiger partial charge in [-0.2, -0.15) is 4.31 Å². The van der Waals surface area contributed by atoms with Gasteiger partial charge in [0.1, 0.15) is 0 Å². The molecule has 122 valence electrons. The second-order valence-corrected chi connectivity index (χ2v) is 9.69. The van der Waals surface area contributed by atoms with Crippen molar-refractivity contribution >= 4 is 27.3 Å². The van der Waals surface area contributed by atoms with Gasteiger partial charge in [-0.05, 0) is 38.7 Å². The minimum atomic E-state index is -3.47. The van der Waals surface area contributed by atoms with Crippen LogP contribution in [0.25, 0.3) is 0 Å². The zero-order valence-electron chi connectivity index (χ0n) is 13.2. The van der Waals surface area contributed by atoms with Crippen molar-refractivity contribution in [3.05, 3.63) is 15.8 Å².